The average Bonchev–Trinajstić information content (AvgIpc) is 2.38. The molecule has 2 heterocycles. The van der Waals surface area contributed by atoms with Crippen LogP contribution >= 0.6 is 11.8 Å². The van der Waals surface area contributed by atoms with Crippen molar-refractivity contribution in [1.29, 1.82) is 0 Å². The lowest BCUT2D eigenvalue weighted by molar-refractivity contribution is -0.131. The number of hydrogen-bond donors (Lipinski definition) is 1. The van der Waals surface area contributed by atoms with E-state index in [2.05, 4.69) is 19.2 Å². The van der Waals surface area contributed by atoms with Gasteiger partial charge in [0.05, 0.1) is 6.54 Å². The number of hydrogen-bond acceptors (Lipinski definition) is 3. The number of thioether (sulfide) groups is 1. The highest BCUT2D eigenvalue weighted by Crippen LogP contribution is 2.33. The summed E-state index contributed by atoms with van der Waals surface area (Å²) in [7, 11) is 0. The number of amides is 1. The van der Waals surface area contributed by atoms with Gasteiger partial charge in [0, 0.05) is 24.9 Å². The Labute approximate surface area is 115 Å². The van der Waals surface area contributed by atoms with Gasteiger partial charge < -0.3 is 10.2 Å². The molecule has 2 fully saturated rings. The maximum Gasteiger partial charge on any atom is 0.236 e. The zero-order valence-corrected chi connectivity index (χ0v) is 12.5. The maximum absolute atomic E-state index is 12.1. The quantitative estimate of drug-likeness (QED) is 0.852. The van der Waals surface area contributed by atoms with Crippen LogP contribution in [0, 0.1) is 5.41 Å². The van der Waals surface area contributed by atoms with Gasteiger partial charge in [-0.3, -0.25) is 4.79 Å². The molecule has 1 unspecified atom stereocenters. The number of carbonyl (C=O) groups excluding carboxylic acids is 1. The van der Waals surface area contributed by atoms with Gasteiger partial charge in [-0.05, 0) is 36.9 Å². The number of nitrogens with one attached hydrogen (secondary N) is 1. The van der Waals surface area contributed by atoms with Gasteiger partial charge in [0.1, 0.15) is 0 Å². The Balaban J connectivity index is 1.77. The van der Waals surface area contributed by atoms with Crippen LogP contribution in [0.5, 0.6) is 0 Å². The van der Waals surface area contributed by atoms with E-state index in [0.29, 0.717) is 23.9 Å². The molecule has 0 spiro atoms. The Hall–Kier alpha value is -0.220. The van der Waals surface area contributed by atoms with Crippen LogP contribution < -0.4 is 5.32 Å². The molecule has 0 radical (unpaired) electrons. The Morgan fingerprint density at radius 2 is 2.06 bits per heavy atom. The van der Waals surface area contributed by atoms with Gasteiger partial charge in [0.2, 0.25) is 5.91 Å². The van der Waals surface area contributed by atoms with Crippen LogP contribution in [0.15, 0.2) is 0 Å². The van der Waals surface area contributed by atoms with Crippen LogP contribution in [0.4, 0.5) is 0 Å². The largest absolute Gasteiger partial charge is 0.342 e. The summed E-state index contributed by atoms with van der Waals surface area (Å²) in [5.41, 5.74) is 0.327. The van der Waals surface area contributed by atoms with Crippen molar-refractivity contribution < 1.29 is 4.79 Å². The van der Waals surface area contributed by atoms with Gasteiger partial charge in [-0.15, -0.1) is 0 Å². The molecular weight excluding hydrogens is 244 g/mol. The first-order valence-corrected chi connectivity index (χ1v) is 8.34. The van der Waals surface area contributed by atoms with Gasteiger partial charge in [0.25, 0.3) is 0 Å². The second-order valence-electron chi connectivity index (χ2n) is 6.19. The van der Waals surface area contributed by atoms with Crippen LogP contribution in [-0.4, -0.2) is 48.0 Å². The maximum atomic E-state index is 12.1. The zero-order valence-electron chi connectivity index (χ0n) is 11.7. The molecule has 0 aromatic carbocycles. The standard InChI is InChI=1S/C14H26N2OS/c1-14(2)6-9-18-11-12(14)15-10-13(17)16-7-4-3-5-8-16/h12,15H,3-11H2,1-2H3. The summed E-state index contributed by atoms with van der Waals surface area (Å²) in [6, 6.07) is 0.477. The molecule has 4 heteroatoms. The van der Waals surface area contributed by atoms with Gasteiger partial charge in [-0.25, -0.2) is 0 Å². The number of likely N-dealkylation sites (tertiary alicyclic amines) is 1. The fourth-order valence-electron chi connectivity index (χ4n) is 2.74. The first-order chi connectivity index (χ1) is 8.59. The first kappa shape index (κ1) is 14.2. The minimum Gasteiger partial charge on any atom is -0.342 e. The van der Waals surface area contributed by atoms with E-state index >= 15 is 0 Å². The molecular formula is C14H26N2OS. The molecule has 2 rings (SSSR count). The van der Waals surface area contributed by atoms with Crippen LogP contribution in [0.25, 0.3) is 0 Å². The van der Waals surface area contributed by atoms with Crippen LogP contribution in [0.1, 0.15) is 39.5 Å². The SMILES string of the molecule is CC1(C)CCSCC1NCC(=O)N1CCCCC1. The van der Waals surface area contributed by atoms with Crippen LogP contribution in [0.2, 0.25) is 0 Å². The third-order valence-electron chi connectivity index (χ3n) is 4.33. The molecule has 1 atom stereocenters. The van der Waals surface area contributed by atoms with Crippen molar-refractivity contribution in [3.05, 3.63) is 0 Å². The van der Waals surface area contributed by atoms with E-state index in [1.54, 1.807) is 0 Å². The molecule has 3 nitrogen and oxygen atoms in total. The molecule has 18 heavy (non-hydrogen) atoms. The predicted molar refractivity (Wildman–Crippen MR) is 77.9 cm³/mol. The second-order valence-corrected chi connectivity index (χ2v) is 7.34. The highest BCUT2D eigenvalue weighted by Gasteiger charge is 2.32. The molecule has 0 bridgehead atoms. The second kappa shape index (κ2) is 6.29. The minimum absolute atomic E-state index is 0.293. The normalized spacial score (nSPS) is 28.1. The van der Waals surface area contributed by atoms with Crippen LogP contribution in [0.3, 0.4) is 0 Å². The van der Waals surface area contributed by atoms with E-state index < -0.39 is 0 Å². The smallest absolute Gasteiger partial charge is 0.236 e. The Morgan fingerprint density at radius 1 is 1.33 bits per heavy atom. The van der Waals surface area contributed by atoms with Crippen molar-refractivity contribution in [2.75, 3.05) is 31.1 Å². The van der Waals surface area contributed by atoms with Gasteiger partial charge in [-0.2, -0.15) is 11.8 Å². The van der Waals surface area contributed by atoms with E-state index in [9.17, 15) is 4.79 Å². The van der Waals surface area contributed by atoms with E-state index in [0.717, 1.165) is 18.8 Å². The number of piperidine rings is 1. The summed E-state index contributed by atoms with van der Waals surface area (Å²) in [6.07, 6.45) is 4.88. The van der Waals surface area contributed by atoms with Gasteiger partial charge in [-0.1, -0.05) is 13.8 Å². The first-order valence-electron chi connectivity index (χ1n) is 7.18. The Morgan fingerprint density at radius 3 is 2.72 bits per heavy atom. The summed E-state index contributed by atoms with van der Waals surface area (Å²) < 4.78 is 0. The third kappa shape index (κ3) is 3.64. The van der Waals surface area contributed by atoms with Crippen molar-refractivity contribution in [2.45, 2.75) is 45.6 Å². The molecule has 0 aromatic rings. The van der Waals surface area contributed by atoms with Crippen molar-refractivity contribution in [3.8, 4) is 0 Å². The lowest BCUT2D eigenvalue weighted by Gasteiger charge is -2.39. The highest BCUT2D eigenvalue weighted by molar-refractivity contribution is 7.99. The van der Waals surface area contributed by atoms with Crippen molar-refractivity contribution in [3.63, 3.8) is 0 Å². The third-order valence-corrected chi connectivity index (χ3v) is 5.39. The lowest BCUT2D eigenvalue weighted by Crippen LogP contribution is -2.50. The van der Waals surface area contributed by atoms with E-state index in [1.807, 2.05) is 16.7 Å². The van der Waals surface area contributed by atoms with Gasteiger partial charge >= 0.3 is 0 Å². The molecule has 2 aliphatic rings. The topological polar surface area (TPSA) is 32.3 Å². The molecule has 1 amide bonds. The van der Waals surface area contributed by atoms with E-state index in [4.69, 9.17) is 0 Å². The summed E-state index contributed by atoms with van der Waals surface area (Å²) >= 11 is 2.01. The van der Waals surface area contributed by atoms with E-state index in [-0.39, 0.29) is 0 Å². The molecule has 0 aromatic heterocycles. The fourth-order valence-corrected chi connectivity index (χ4v) is 4.38. The molecule has 2 saturated heterocycles. The minimum atomic E-state index is 0.293. The number of nitrogens with zero attached hydrogens (tertiary/aromatic N) is 1. The summed E-state index contributed by atoms with van der Waals surface area (Å²) in [5.74, 6) is 2.69. The lowest BCUT2D eigenvalue weighted by atomic mass is 9.82. The zero-order chi connectivity index (χ0) is 13.0. The van der Waals surface area contributed by atoms with Crippen molar-refractivity contribution >= 4 is 17.7 Å². The van der Waals surface area contributed by atoms with Crippen molar-refractivity contribution in [1.82, 2.24) is 10.2 Å². The Bertz CT molecular complexity index is 288. The summed E-state index contributed by atoms with van der Waals surface area (Å²) in [5, 5.41) is 3.50. The average molecular weight is 270 g/mol. The summed E-state index contributed by atoms with van der Waals surface area (Å²) in [6.45, 7) is 7.08. The molecule has 104 valence electrons. The number of rotatable bonds is 3. The summed E-state index contributed by atoms with van der Waals surface area (Å²) in [4.78, 5) is 14.1. The Kier molecular flexibility index (Phi) is 4.96. The number of carbonyl (C=O) groups is 1. The predicted octanol–water partition coefficient (Wildman–Crippen LogP) is 2.12. The molecule has 1 N–H and O–H groups in total. The van der Waals surface area contributed by atoms with Crippen LogP contribution in [-0.2, 0) is 4.79 Å². The highest BCUT2D eigenvalue weighted by atomic mass is 32.2. The fraction of sp³-hybridized carbons (Fsp3) is 0.929. The molecule has 0 aliphatic carbocycles. The molecule has 0 saturated carbocycles. The van der Waals surface area contributed by atoms with E-state index in [1.165, 1.54) is 31.4 Å². The monoisotopic (exact) mass is 270 g/mol. The molecule has 2 aliphatic heterocycles. The van der Waals surface area contributed by atoms with Gasteiger partial charge in [0.15, 0.2) is 0 Å². The van der Waals surface area contributed by atoms with Crippen molar-refractivity contribution in [2.24, 2.45) is 5.41 Å².